The van der Waals surface area contributed by atoms with Crippen molar-refractivity contribution in [1.82, 2.24) is 14.3 Å². The van der Waals surface area contributed by atoms with E-state index in [2.05, 4.69) is 18.9 Å². The second-order valence-electron chi connectivity index (χ2n) is 4.87. The largest absolute Gasteiger partial charge is 0.398 e. The lowest BCUT2D eigenvalue weighted by molar-refractivity contribution is 0.510. The van der Waals surface area contributed by atoms with Gasteiger partial charge < -0.3 is 10.3 Å². The van der Waals surface area contributed by atoms with Crippen molar-refractivity contribution in [3.63, 3.8) is 0 Å². The Kier molecular flexibility index (Phi) is 3.74. The van der Waals surface area contributed by atoms with Crippen LogP contribution in [0.1, 0.15) is 23.4 Å². The molecule has 0 spiro atoms. The van der Waals surface area contributed by atoms with Crippen molar-refractivity contribution in [2.24, 2.45) is 0 Å². The van der Waals surface area contributed by atoms with E-state index < -0.39 is 0 Å². The van der Waals surface area contributed by atoms with Crippen molar-refractivity contribution in [1.29, 1.82) is 0 Å². The summed E-state index contributed by atoms with van der Waals surface area (Å²) >= 11 is 0. The van der Waals surface area contributed by atoms with Crippen LogP contribution in [0.2, 0.25) is 0 Å². The molecule has 0 unspecified atom stereocenters. The molecule has 0 aromatic carbocycles. The van der Waals surface area contributed by atoms with Gasteiger partial charge in [0.1, 0.15) is 0 Å². The molecule has 0 aliphatic carbocycles. The smallest absolute Gasteiger partial charge is 0.250 e. The number of pyridine rings is 1. The van der Waals surface area contributed by atoms with Gasteiger partial charge in [0.2, 0.25) is 0 Å². The van der Waals surface area contributed by atoms with Gasteiger partial charge in [-0.05, 0) is 38.8 Å². The zero-order valence-electron chi connectivity index (χ0n) is 11.7. The standard InChI is InChI=1S/C14H20N4O/c1-10-11(2)16-18(12(10)3)8-4-7-17-9-13(15)5-6-14(17)19/h5-6,9H,4,7-8,15H2,1-3H3. The molecule has 0 aliphatic heterocycles. The summed E-state index contributed by atoms with van der Waals surface area (Å²) in [5.74, 6) is 0. The lowest BCUT2D eigenvalue weighted by atomic mass is 10.2. The van der Waals surface area contributed by atoms with E-state index in [1.54, 1.807) is 16.8 Å². The van der Waals surface area contributed by atoms with E-state index in [0.29, 0.717) is 12.2 Å². The Morgan fingerprint density at radius 3 is 2.58 bits per heavy atom. The Bertz CT molecular complexity index is 639. The molecular formula is C14H20N4O. The molecule has 2 aromatic rings. The van der Waals surface area contributed by atoms with E-state index in [1.807, 2.05) is 11.6 Å². The number of hydrogen-bond donors (Lipinski definition) is 1. The summed E-state index contributed by atoms with van der Waals surface area (Å²) < 4.78 is 3.65. The molecule has 0 radical (unpaired) electrons. The molecule has 0 amide bonds. The quantitative estimate of drug-likeness (QED) is 0.908. The third-order valence-electron chi connectivity index (χ3n) is 3.52. The SMILES string of the molecule is Cc1nn(CCCn2cc(N)ccc2=O)c(C)c1C. The van der Waals surface area contributed by atoms with E-state index in [4.69, 9.17) is 5.73 Å². The van der Waals surface area contributed by atoms with Crippen LogP contribution in [0.15, 0.2) is 23.1 Å². The van der Waals surface area contributed by atoms with E-state index in [9.17, 15) is 4.79 Å². The number of nitrogens with two attached hydrogens (primary N) is 1. The summed E-state index contributed by atoms with van der Waals surface area (Å²) in [4.78, 5) is 11.6. The van der Waals surface area contributed by atoms with Crippen molar-refractivity contribution >= 4 is 5.69 Å². The normalized spacial score (nSPS) is 10.9. The molecule has 2 N–H and O–H groups in total. The highest BCUT2D eigenvalue weighted by Crippen LogP contribution is 2.11. The van der Waals surface area contributed by atoms with Crippen LogP contribution in [0.4, 0.5) is 5.69 Å². The van der Waals surface area contributed by atoms with Crippen LogP contribution in [0.3, 0.4) is 0 Å². The van der Waals surface area contributed by atoms with Gasteiger partial charge in [-0.2, -0.15) is 5.10 Å². The maximum atomic E-state index is 11.6. The first-order chi connectivity index (χ1) is 8.99. The van der Waals surface area contributed by atoms with Crippen LogP contribution >= 0.6 is 0 Å². The van der Waals surface area contributed by atoms with Gasteiger partial charge in [0.15, 0.2) is 0 Å². The summed E-state index contributed by atoms with van der Waals surface area (Å²) in [6.07, 6.45) is 2.54. The lowest BCUT2D eigenvalue weighted by Crippen LogP contribution is -2.20. The summed E-state index contributed by atoms with van der Waals surface area (Å²) in [6, 6.07) is 3.13. The van der Waals surface area contributed by atoms with Gasteiger partial charge in [0, 0.05) is 36.7 Å². The molecule has 19 heavy (non-hydrogen) atoms. The molecule has 2 aromatic heterocycles. The fraction of sp³-hybridized carbons (Fsp3) is 0.429. The fourth-order valence-corrected chi connectivity index (χ4v) is 2.12. The van der Waals surface area contributed by atoms with Gasteiger partial charge in [0.25, 0.3) is 5.56 Å². The first-order valence-electron chi connectivity index (χ1n) is 6.45. The molecule has 2 heterocycles. The molecule has 102 valence electrons. The van der Waals surface area contributed by atoms with Crippen molar-refractivity contribution in [2.45, 2.75) is 40.3 Å². The third kappa shape index (κ3) is 2.86. The predicted octanol–water partition coefficient (Wildman–Crippen LogP) is 1.64. The summed E-state index contributed by atoms with van der Waals surface area (Å²) in [5, 5.41) is 4.49. The van der Waals surface area contributed by atoms with Crippen molar-refractivity contribution in [2.75, 3.05) is 5.73 Å². The zero-order chi connectivity index (χ0) is 14.0. The van der Waals surface area contributed by atoms with Crippen LogP contribution < -0.4 is 11.3 Å². The molecule has 0 aliphatic rings. The fourth-order valence-electron chi connectivity index (χ4n) is 2.12. The first kappa shape index (κ1) is 13.4. The van der Waals surface area contributed by atoms with Gasteiger partial charge in [-0.1, -0.05) is 0 Å². The van der Waals surface area contributed by atoms with Crippen LogP contribution in [0.5, 0.6) is 0 Å². The third-order valence-corrected chi connectivity index (χ3v) is 3.52. The highest BCUT2D eigenvalue weighted by atomic mass is 16.1. The molecule has 5 heteroatoms. The zero-order valence-corrected chi connectivity index (χ0v) is 11.7. The molecular weight excluding hydrogens is 240 g/mol. The maximum absolute atomic E-state index is 11.6. The Morgan fingerprint density at radius 2 is 1.95 bits per heavy atom. The second-order valence-corrected chi connectivity index (χ2v) is 4.87. The first-order valence-corrected chi connectivity index (χ1v) is 6.45. The lowest BCUT2D eigenvalue weighted by Gasteiger charge is -2.07. The van der Waals surface area contributed by atoms with E-state index in [-0.39, 0.29) is 5.56 Å². The molecule has 5 nitrogen and oxygen atoms in total. The summed E-state index contributed by atoms with van der Waals surface area (Å²) in [5.41, 5.74) is 9.78. The molecule has 0 atom stereocenters. The molecule has 2 rings (SSSR count). The Morgan fingerprint density at radius 1 is 1.21 bits per heavy atom. The van der Waals surface area contributed by atoms with Crippen molar-refractivity contribution in [3.05, 3.63) is 45.6 Å². The van der Waals surface area contributed by atoms with Gasteiger partial charge in [-0.3, -0.25) is 9.48 Å². The van der Waals surface area contributed by atoms with Crippen molar-refractivity contribution < 1.29 is 0 Å². The van der Waals surface area contributed by atoms with Gasteiger partial charge in [-0.15, -0.1) is 0 Å². The summed E-state index contributed by atoms with van der Waals surface area (Å²) in [6.45, 7) is 7.63. The Labute approximate surface area is 112 Å². The van der Waals surface area contributed by atoms with E-state index >= 15 is 0 Å². The Balaban J connectivity index is 2.02. The number of anilines is 1. The number of aromatic nitrogens is 3. The highest BCUT2D eigenvalue weighted by molar-refractivity contribution is 5.33. The van der Waals surface area contributed by atoms with Crippen LogP contribution in [-0.2, 0) is 13.1 Å². The number of rotatable bonds is 4. The average molecular weight is 260 g/mol. The average Bonchev–Trinajstić information content (AvgIpc) is 2.61. The minimum atomic E-state index is -0.0150. The monoisotopic (exact) mass is 260 g/mol. The molecule has 0 saturated heterocycles. The minimum Gasteiger partial charge on any atom is -0.398 e. The van der Waals surface area contributed by atoms with Gasteiger partial charge in [0.05, 0.1) is 5.69 Å². The number of nitrogens with zero attached hydrogens (tertiary/aromatic N) is 3. The van der Waals surface area contributed by atoms with Crippen LogP contribution in [0.25, 0.3) is 0 Å². The topological polar surface area (TPSA) is 65.8 Å². The van der Waals surface area contributed by atoms with Gasteiger partial charge in [-0.25, -0.2) is 0 Å². The highest BCUT2D eigenvalue weighted by Gasteiger charge is 2.06. The van der Waals surface area contributed by atoms with Crippen molar-refractivity contribution in [3.8, 4) is 0 Å². The number of hydrogen-bond acceptors (Lipinski definition) is 3. The second kappa shape index (κ2) is 5.30. The van der Waals surface area contributed by atoms with E-state index in [0.717, 1.165) is 18.7 Å². The predicted molar refractivity (Wildman–Crippen MR) is 76.2 cm³/mol. The van der Waals surface area contributed by atoms with E-state index in [1.165, 1.54) is 17.3 Å². The molecule has 0 fully saturated rings. The van der Waals surface area contributed by atoms with Gasteiger partial charge >= 0.3 is 0 Å². The van der Waals surface area contributed by atoms with Crippen LogP contribution in [-0.4, -0.2) is 14.3 Å². The summed E-state index contributed by atoms with van der Waals surface area (Å²) in [7, 11) is 0. The number of nitrogen functional groups attached to an aromatic ring is 1. The van der Waals surface area contributed by atoms with Crippen LogP contribution in [0, 0.1) is 20.8 Å². The Hall–Kier alpha value is -2.04. The molecule has 0 saturated carbocycles. The number of aryl methyl sites for hydroxylation is 3. The maximum Gasteiger partial charge on any atom is 0.250 e. The minimum absolute atomic E-state index is 0.0150. The molecule has 0 bridgehead atoms.